The normalized spacial score (nSPS) is 20.1. The second-order valence-electron chi connectivity index (χ2n) is 10.1. The van der Waals surface area contributed by atoms with Gasteiger partial charge in [0.2, 0.25) is 0 Å². The van der Waals surface area contributed by atoms with Gasteiger partial charge in [0.25, 0.3) is 11.8 Å². The van der Waals surface area contributed by atoms with Crippen molar-refractivity contribution in [3.05, 3.63) is 59.7 Å². The molecule has 8 heteroatoms. The second-order valence-corrected chi connectivity index (χ2v) is 12.4. The van der Waals surface area contributed by atoms with Crippen LogP contribution in [-0.2, 0) is 20.4 Å². The first kappa shape index (κ1) is 24.0. The molecule has 2 aromatic rings. The van der Waals surface area contributed by atoms with Gasteiger partial charge in [0.05, 0.1) is 11.0 Å². The number of piperazine rings is 1. The lowest BCUT2D eigenvalue weighted by Crippen LogP contribution is -2.53. The maximum atomic E-state index is 13.0. The van der Waals surface area contributed by atoms with Crippen LogP contribution in [0.2, 0.25) is 0 Å². The van der Waals surface area contributed by atoms with E-state index in [9.17, 15) is 23.1 Å². The predicted octanol–water partition coefficient (Wildman–Crippen LogP) is 3.02. The van der Waals surface area contributed by atoms with E-state index in [4.69, 9.17) is 0 Å². The number of hydrogen-bond acceptors (Lipinski definition) is 5. The second kappa shape index (κ2) is 9.39. The first-order chi connectivity index (χ1) is 16.7. The lowest BCUT2D eigenvalue weighted by atomic mass is 10.0. The van der Waals surface area contributed by atoms with E-state index >= 15 is 0 Å². The van der Waals surface area contributed by atoms with Crippen molar-refractivity contribution in [2.75, 3.05) is 26.2 Å². The van der Waals surface area contributed by atoms with Gasteiger partial charge in [-0.2, -0.15) is 0 Å². The molecule has 0 radical (unpaired) electrons. The van der Waals surface area contributed by atoms with E-state index in [0.717, 1.165) is 42.4 Å². The lowest BCUT2D eigenvalue weighted by Gasteiger charge is -2.35. The maximum Gasteiger partial charge on any atom is 0.254 e. The fraction of sp³-hybridized carbons (Fsp3) is 0.481. The summed E-state index contributed by atoms with van der Waals surface area (Å²) < 4.78 is 25.5. The van der Waals surface area contributed by atoms with Gasteiger partial charge >= 0.3 is 0 Å². The predicted molar refractivity (Wildman–Crippen MR) is 133 cm³/mol. The van der Waals surface area contributed by atoms with Crippen LogP contribution in [0.3, 0.4) is 0 Å². The molecule has 2 amide bonds. The molecule has 186 valence electrons. The quantitative estimate of drug-likeness (QED) is 0.663. The smallest absolute Gasteiger partial charge is 0.254 e. The van der Waals surface area contributed by atoms with Crippen LogP contribution in [0, 0.1) is 0 Å². The Morgan fingerprint density at radius 2 is 1.51 bits per heavy atom. The summed E-state index contributed by atoms with van der Waals surface area (Å²) in [4.78, 5) is 28.7. The minimum Gasteiger partial charge on any atom is -0.380 e. The van der Waals surface area contributed by atoms with Crippen molar-refractivity contribution in [1.29, 1.82) is 0 Å². The van der Waals surface area contributed by atoms with E-state index in [2.05, 4.69) is 0 Å². The summed E-state index contributed by atoms with van der Waals surface area (Å²) in [7, 11) is -3.15. The molecule has 3 fully saturated rings. The average molecular weight is 497 g/mol. The van der Waals surface area contributed by atoms with E-state index in [1.54, 1.807) is 21.9 Å². The molecule has 0 atom stereocenters. The van der Waals surface area contributed by atoms with Crippen molar-refractivity contribution >= 4 is 21.7 Å². The molecule has 1 saturated heterocycles. The van der Waals surface area contributed by atoms with Crippen LogP contribution >= 0.6 is 0 Å². The monoisotopic (exact) mass is 496 g/mol. The Morgan fingerprint density at radius 3 is 2.14 bits per heavy atom. The van der Waals surface area contributed by atoms with Crippen molar-refractivity contribution in [1.82, 2.24) is 9.80 Å². The number of benzene rings is 2. The van der Waals surface area contributed by atoms with Gasteiger partial charge in [-0.15, -0.1) is 0 Å². The maximum absolute atomic E-state index is 13.0. The van der Waals surface area contributed by atoms with Crippen molar-refractivity contribution in [3.63, 3.8) is 0 Å². The number of carbonyl (C=O) groups is 2. The first-order valence-electron chi connectivity index (χ1n) is 12.5. The summed E-state index contributed by atoms with van der Waals surface area (Å²) in [6.45, 7) is 1.75. The molecule has 35 heavy (non-hydrogen) atoms. The molecule has 1 N–H and O–H groups in total. The molecule has 0 spiro atoms. The zero-order valence-electron chi connectivity index (χ0n) is 19.9. The molecule has 2 saturated carbocycles. The third-order valence-electron chi connectivity index (χ3n) is 7.55. The summed E-state index contributed by atoms with van der Waals surface area (Å²) >= 11 is 0. The van der Waals surface area contributed by atoms with Gasteiger partial charge < -0.3 is 14.9 Å². The highest BCUT2D eigenvalue weighted by molar-refractivity contribution is 7.91. The van der Waals surface area contributed by atoms with E-state index in [0.29, 0.717) is 44.6 Å². The molecule has 0 bridgehead atoms. The van der Waals surface area contributed by atoms with Crippen LogP contribution in [0.1, 0.15) is 54.4 Å². The van der Waals surface area contributed by atoms with Crippen LogP contribution in [0.15, 0.2) is 48.5 Å². The highest BCUT2D eigenvalue weighted by Gasteiger charge is 2.50. The molecule has 0 unspecified atom stereocenters. The molecular weight excluding hydrogens is 464 g/mol. The third kappa shape index (κ3) is 5.14. The number of nitrogens with zero attached hydrogens (tertiary/aromatic N) is 2. The fourth-order valence-corrected chi connectivity index (χ4v) is 7.10. The van der Waals surface area contributed by atoms with Crippen LogP contribution in [0.4, 0.5) is 0 Å². The van der Waals surface area contributed by atoms with Crippen molar-refractivity contribution in [2.45, 2.75) is 55.1 Å². The van der Waals surface area contributed by atoms with Gasteiger partial charge in [0.15, 0.2) is 9.84 Å². The topological polar surface area (TPSA) is 95.0 Å². The third-order valence-corrected chi connectivity index (χ3v) is 9.77. The molecular formula is C27H32N2O5S. The van der Waals surface area contributed by atoms with E-state index in [1.165, 1.54) is 0 Å². The van der Waals surface area contributed by atoms with E-state index in [-0.39, 0.29) is 22.8 Å². The standard InChI is InChI=1S/C27H32N2O5S/c30-25(28-14-16-29(17-15-28)26(31)27(32)12-13-27)22-10-8-21(9-11-22)23-5-3-4-20(18-23)19-35(33,34)24-6-1-2-7-24/h3-5,8-11,18,24,32H,1-2,6-7,12-17,19H2. The minimum atomic E-state index is -3.15. The Labute approximate surface area is 206 Å². The highest BCUT2D eigenvalue weighted by Crippen LogP contribution is 2.37. The van der Waals surface area contributed by atoms with Crippen molar-refractivity contribution in [3.8, 4) is 11.1 Å². The van der Waals surface area contributed by atoms with Crippen LogP contribution in [-0.4, -0.2) is 72.2 Å². The lowest BCUT2D eigenvalue weighted by molar-refractivity contribution is -0.143. The Hall–Kier alpha value is -2.71. The zero-order chi connectivity index (χ0) is 24.6. The molecule has 5 rings (SSSR count). The number of amides is 2. The SMILES string of the molecule is O=C(c1ccc(-c2cccc(CS(=O)(=O)C3CCCC3)c2)cc1)N1CCN(C(=O)C2(O)CC2)CC1. The summed E-state index contributed by atoms with van der Waals surface area (Å²) in [5, 5.41) is 9.83. The first-order valence-corrected chi connectivity index (χ1v) is 14.2. The van der Waals surface area contributed by atoms with Crippen molar-refractivity contribution < 1.29 is 23.1 Å². The number of aliphatic hydroxyl groups is 1. The Balaban J connectivity index is 1.22. The number of hydrogen-bond donors (Lipinski definition) is 1. The molecule has 1 heterocycles. The van der Waals surface area contributed by atoms with E-state index < -0.39 is 15.4 Å². The highest BCUT2D eigenvalue weighted by atomic mass is 32.2. The molecule has 3 aliphatic rings. The molecule has 7 nitrogen and oxygen atoms in total. The van der Waals surface area contributed by atoms with Gasteiger partial charge in [-0.3, -0.25) is 9.59 Å². The zero-order valence-corrected chi connectivity index (χ0v) is 20.7. The summed E-state index contributed by atoms with van der Waals surface area (Å²) in [6.07, 6.45) is 4.57. The molecule has 0 aromatic heterocycles. The van der Waals surface area contributed by atoms with Crippen LogP contribution in [0.25, 0.3) is 11.1 Å². The van der Waals surface area contributed by atoms with Gasteiger partial charge in [-0.1, -0.05) is 49.2 Å². The summed E-state index contributed by atoms with van der Waals surface area (Å²) in [6, 6.07) is 15.0. The van der Waals surface area contributed by atoms with Crippen LogP contribution in [0.5, 0.6) is 0 Å². The molecule has 1 aliphatic heterocycles. The number of sulfone groups is 1. The van der Waals surface area contributed by atoms with E-state index in [1.807, 2.05) is 36.4 Å². The molecule has 2 aliphatic carbocycles. The van der Waals surface area contributed by atoms with Gasteiger partial charge in [0.1, 0.15) is 5.60 Å². The summed E-state index contributed by atoms with van der Waals surface area (Å²) in [5.41, 5.74) is 2.05. The van der Waals surface area contributed by atoms with Gasteiger partial charge in [-0.25, -0.2) is 8.42 Å². The fourth-order valence-electron chi connectivity index (χ4n) is 5.17. The van der Waals surface area contributed by atoms with Gasteiger partial charge in [0, 0.05) is 31.7 Å². The van der Waals surface area contributed by atoms with Crippen LogP contribution < -0.4 is 0 Å². The van der Waals surface area contributed by atoms with Gasteiger partial charge in [-0.05, 0) is 54.5 Å². The number of rotatable bonds is 6. The Morgan fingerprint density at radius 1 is 0.886 bits per heavy atom. The number of carbonyl (C=O) groups excluding carboxylic acids is 2. The molecule has 2 aromatic carbocycles. The average Bonchev–Trinajstić information content (AvgIpc) is 3.37. The van der Waals surface area contributed by atoms with Crippen molar-refractivity contribution in [2.24, 2.45) is 0 Å². The largest absolute Gasteiger partial charge is 0.380 e. The Bertz CT molecular complexity index is 1210. The minimum absolute atomic E-state index is 0.0635. The Kier molecular flexibility index (Phi) is 6.44. The summed E-state index contributed by atoms with van der Waals surface area (Å²) in [5.74, 6) is -0.231.